The third-order valence-electron chi connectivity index (χ3n) is 4.11. The molecule has 0 spiro atoms. The Morgan fingerprint density at radius 3 is 3.14 bits per heavy atom. The summed E-state index contributed by atoms with van der Waals surface area (Å²) >= 11 is 3.50. The van der Waals surface area contributed by atoms with Crippen LogP contribution in [0.2, 0.25) is 0 Å². The summed E-state index contributed by atoms with van der Waals surface area (Å²) in [6.07, 6.45) is 4.52. The number of aromatic amines is 1. The van der Waals surface area contributed by atoms with E-state index in [-0.39, 0.29) is 0 Å². The Balaban J connectivity index is 1.55. The van der Waals surface area contributed by atoms with Gasteiger partial charge in [0.15, 0.2) is 0 Å². The molecule has 5 heteroatoms. The molecular formula is C16H21BrN4. The Morgan fingerprint density at radius 1 is 1.48 bits per heavy atom. The summed E-state index contributed by atoms with van der Waals surface area (Å²) in [5.41, 5.74) is 2.21. The first-order valence-corrected chi connectivity index (χ1v) is 8.22. The first-order chi connectivity index (χ1) is 10.2. The number of hydrogen-bond donors (Lipinski definition) is 2. The molecule has 2 N–H and O–H groups in total. The lowest BCUT2D eigenvalue weighted by molar-refractivity contribution is 0.299. The summed E-state index contributed by atoms with van der Waals surface area (Å²) < 4.78 is 1.08. The van der Waals surface area contributed by atoms with Gasteiger partial charge in [-0.25, -0.2) is 4.98 Å². The van der Waals surface area contributed by atoms with Crippen LogP contribution in [0.5, 0.6) is 0 Å². The highest BCUT2D eigenvalue weighted by Crippen LogP contribution is 2.21. The summed E-state index contributed by atoms with van der Waals surface area (Å²) in [6, 6.07) is 8.92. The van der Waals surface area contributed by atoms with Crippen molar-refractivity contribution in [2.24, 2.45) is 0 Å². The Kier molecular flexibility index (Phi) is 4.73. The minimum absolute atomic E-state index is 0.671. The Hall–Kier alpha value is -1.17. The SMILES string of the molecule is CN1CCCC1CNCc1ncc(-c2cccc(Br)c2)[nH]1. The summed E-state index contributed by atoms with van der Waals surface area (Å²) in [7, 11) is 2.21. The van der Waals surface area contributed by atoms with Crippen LogP contribution in [0.3, 0.4) is 0 Å². The van der Waals surface area contributed by atoms with Crippen LogP contribution in [-0.4, -0.2) is 41.0 Å². The molecule has 1 aromatic heterocycles. The van der Waals surface area contributed by atoms with Gasteiger partial charge >= 0.3 is 0 Å². The van der Waals surface area contributed by atoms with Crippen molar-refractivity contribution in [3.63, 3.8) is 0 Å². The number of benzene rings is 1. The van der Waals surface area contributed by atoms with Crippen molar-refractivity contribution in [1.82, 2.24) is 20.2 Å². The smallest absolute Gasteiger partial charge is 0.120 e. The summed E-state index contributed by atoms with van der Waals surface area (Å²) in [4.78, 5) is 10.3. The first-order valence-electron chi connectivity index (χ1n) is 7.43. The van der Waals surface area contributed by atoms with Crippen molar-refractivity contribution in [3.8, 4) is 11.3 Å². The highest BCUT2D eigenvalue weighted by Gasteiger charge is 2.19. The van der Waals surface area contributed by atoms with Crippen LogP contribution in [0.1, 0.15) is 18.7 Å². The number of aromatic nitrogens is 2. The minimum atomic E-state index is 0.671. The molecule has 0 aliphatic carbocycles. The molecule has 21 heavy (non-hydrogen) atoms. The van der Waals surface area contributed by atoms with Crippen LogP contribution < -0.4 is 5.32 Å². The van der Waals surface area contributed by atoms with Gasteiger partial charge < -0.3 is 15.2 Å². The lowest BCUT2D eigenvalue weighted by Crippen LogP contribution is -2.35. The lowest BCUT2D eigenvalue weighted by atomic mass is 10.2. The standard InChI is InChI=1S/C16H21BrN4/c1-21-7-3-6-14(21)9-18-11-16-19-10-15(20-16)12-4-2-5-13(17)8-12/h2,4-5,8,10,14,18H,3,6-7,9,11H2,1H3,(H,19,20). The number of halogens is 1. The monoisotopic (exact) mass is 348 g/mol. The predicted molar refractivity (Wildman–Crippen MR) is 89.1 cm³/mol. The van der Waals surface area contributed by atoms with Gasteiger partial charge in [0, 0.05) is 22.6 Å². The van der Waals surface area contributed by atoms with E-state index in [0.717, 1.165) is 34.6 Å². The topological polar surface area (TPSA) is 44.0 Å². The molecule has 2 aromatic rings. The molecule has 1 aliphatic heterocycles. The molecule has 1 unspecified atom stereocenters. The van der Waals surface area contributed by atoms with E-state index in [9.17, 15) is 0 Å². The first kappa shape index (κ1) is 14.8. The van der Waals surface area contributed by atoms with Gasteiger partial charge in [-0.1, -0.05) is 28.1 Å². The Bertz CT molecular complexity index is 595. The normalized spacial score (nSPS) is 19.2. The highest BCUT2D eigenvalue weighted by molar-refractivity contribution is 9.10. The number of likely N-dealkylation sites (N-methyl/N-ethyl adjacent to an activating group) is 1. The van der Waals surface area contributed by atoms with E-state index in [1.807, 2.05) is 18.3 Å². The van der Waals surface area contributed by atoms with E-state index in [1.54, 1.807) is 0 Å². The number of imidazole rings is 1. The number of nitrogens with zero attached hydrogens (tertiary/aromatic N) is 2. The van der Waals surface area contributed by atoms with Gasteiger partial charge in [-0.15, -0.1) is 0 Å². The number of rotatable bonds is 5. The van der Waals surface area contributed by atoms with E-state index >= 15 is 0 Å². The molecule has 2 heterocycles. The van der Waals surface area contributed by atoms with Gasteiger partial charge in [-0.2, -0.15) is 0 Å². The van der Waals surface area contributed by atoms with Crippen LogP contribution in [0.25, 0.3) is 11.3 Å². The maximum atomic E-state index is 4.46. The third kappa shape index (κ3) is 3.73. The quantitative estimate of drug-likeness (QED) is 0.872. The van der Waals surface area contributed by atoms with Crippen molar-refractivity contribution in [2.75, 3.05) is 20.1 Å². The summed E-state index contributed by atoms with van der Waals surface area (Å²) in [5, 5.41) is 3.51. The van der Waals surface area contributed by atoms with Crippen molar-refractivity contribution >= 4 is 15.9 Å². The molecule has 1 atom stereocenters. The van der Waals surface area contributed by atoms with E-state index in [4.69, 9.17) is 0 Å². The van der Waals surface area contributed by atoms with Crippen LogP contribution in [-0.2, 0) is 6.54 Å². The largest absolute Gasteiger partial charge is 0.341 e. The van der Waals surface area contributed by atoms with Crippen molar-refractivity contribution in [2.45, 2.75) is 25.4 Å². The zero-order valence-corrected chi connectivity index (χ0v) is 13.9. The molecule has 1 fully saturated rings. The molecule has 0 radical (unpaired) electrons. The fraction of sp³-hybridized carbons (Fsp3) is 0.438. The number of likely N-dealkylation sites (tertiary alicyclic amines) is 1. The maximum absolute atomic E-state index is 4.46. The summed E-state index contributed by atoms with van der Waals surface area (Å²) in [5.74, 6) is 0.991. The fourth-order valence-corrected chi connectivity index (χ4v) is 3.25. The molecule has 0 saturated carbocycles. The zero-order valence-electron chi connectivity index (χ0n) is 12.3. The second-order valence-corrected chi connectivity index (χ2v) is 6.58. The molecule has 1 aliphatic rings. The third-order valence-corrected chi connectivity index (χ3v) is 4.60. The van der Waals surface area contributed by atoms with E-state index in [2.05, 4.69) is 55.3 Å². The number of H-pyrrole nitrogens is 1. The Labute approximate surface area is 134 Å². The molecule has 4 nitrogen and oxygen atoms in total. The van der Waals surface area contributed by atoms with E-state index < -0.39 is 0 Å². The van der Waals surface area contributed by atoms with Gasteiger partial charge in [0.25, 0.3) is 0 Å². The molecule has 112 valence electrons. The molecule has 3 rings (SSSR count). The molecule has 0 amide bonds. The van der Waals surface area contributed by atoms with E-state index in [0.29, 0.717) is 6.04 Å². The zero-order chi connectivity index (χ0) is 14.7. The second-order valence-electron chi connectivity index (χ2n) is 5.66. The van der Waals surface area contributed by atoms with Crippen LogP contribution in [0.4, 0.5) is 0 Å². The van der Waals surface area contributed by atoms with Gasteiger partial charge in [-0.05, 0) is 38.6 Å². The van der Waals surface area contributed by atoms with E-state index in [1.165, 1.54) is 19.4 Å². The van der Waals surface area contributed by atoms with Gasteiger partial charge in [0.2, 0.25) is 0 Å². The van der Waals surface area contributed by atoms with Crippen LogP contribution >= 0.6 is 15.9 Å². The van der Waals surface area contributed by atoms with Crippen LogP contribution in [0, 0.1) is 0 Å². The fourth-order valence-electron chi connectivity index (χ4n) is 2.85. The minimum Gasteiger partial charge on any atom is -0.341 e. The lowest BCUT2D eigenvalue weighted by Gasteiger charge is -2.19. The predicted octanol–water partition coefficient (Wildman–Crippen LogP) is 3.02. The molecule has 1 saturated heterocycles. The van der Waals surface area contributed by atoms with Gasteiger partial charge in [0.05, 0.1) is 18.4 Å². The average Bonchev–Trinajstić information content (AvgIpc) is 3.09. The molecule has 1 aromatic carbocycles. The second kappa shape index (κ2) is 6.73. The number of hydrogen-bond acceptors (Lipinski definition) is 3. The van der Waals surface area contributed by atoms with Crippen LogP contribution in [0.15, 0.2) is 34.9 Å². The maximum Gasteiger partial charge on any atom is 0.120 e. The highest BCUT2D eigenvalue weighted by atomic mass is 79.9. The van der Waals surface area contributed by atoms with Crippen molar-refractivity contribution < 1.29 is 0 Å². The molecular weight excluding hydrogens is 328 g/mol. The van der Waals surface area contributed by atoms with Crippen molar-refractivity contribution in [1.29, 1.82) is 0 Å². The van der Waals surface area contributed by atoms with Gasteiger partial charge in [-0.3, -0.25) is 0 Å². The van der Waals surface area contributed by atoms with Gasteiger partial charge in [0.1, 0.15) is 5.82 Å². The Morgan fingerprint density at radius 2 is 2.38 bits per heavy atom. The molecule has 0 bridgehead atoms. The average molecular weight is 349 g/mol. The summed E-state index contributed by atoms with van der Waals surface area (Å²) in [6.45, 7) is 3.04. The number of nitrogens with one attached hydrogen (secondary N) is 2. The van der Waals surface area contributed by atoms with Crippen molar-refractivity contribution in [3.05, 3.63) is 40.8 Å².